The maximum absolute atomic E-state index is 6.14. The molecule has 0 aromatic carbocycles. The van der Waals surface area contributed by atoms with Crippen molar-refractivity contribution in [2.24, 2.45) is 28.9 Å². The number of hydrogen-bond acceptors (Lipinski definition) is 3. The smallest absolute Gasteiger partial charge is 0.122 e. The third kappa shape index (κ3) is 2.22. The van der Waals surface area contributed by atoms with E-state index < -0.39 is 0 Å². The number of pyridine rings is 1. The molecule has 0 unspecified atom stereocenters. The molecule has 0 aliphatic heterocycles. The first-order valence-electron chi connectivity index (χ1n) is 8.02. The molecule has 4 bridgehead atoms. The second kappa shape index (κ2) is 4.73. The first-order chi connectivity index (χ1) is 9.75. The van der Waals surface area contributed by atoms with E-state index in [0.717, 1.165) is 35.8 Å². The second-order valence-electron chi connectivity index (χ2n) is 7.39. The summed E-state index contributed by atoms with van der Waals surface area (Å²) in [5.41, 5.74) is 7.03. The Morgan fingerprint density at radius 2 is 1.80 bits per heavy atom. The van der Waals surface area contributed by atoms with Crippen molar-refractivity contribution in [2.45, 2.75) is 45.1 Å². The topological polar surface area (TPSA) is 48.1 Å². The monoisotopic (exact) mass is 272 g/mol. The molecular weight excluding hydrogens is 248 g/mol. The molecular formula is C17H24N2O. The van der Waals surface area contributed by atoms with Gasteiger partial charge in [0.1, 0.15) is 5.75 Å². The standard InChI is InChI=1S/C17H24N2O/c18-10-15-6-16(1-2-19-15)20-11-17-7-12-3-13(8-17)5-14(4-12)9-17/h1-2,6,12-14H,3-5,7-11,18H2. The molecule has 4 fully saturated rings. The molecule has 1 aromatic rings. The van der Waals surface area contributed by atoms with Crippen LogP contribution >= 0.6 is 0 Å². The number of nitrogens with zero attached hydrogens (tertiary/aromatic N) is 1. The highest BCUT2D eigenvalue weighted by Gasteiger charge is 2.51. The highest BCUT2D eigenvalue weighted by atomic mass is 16.5. The minimum Gasteiger partial charge on any atom is -0.493 e. The highest BCUT2D eigenvalue weighted by Crippen LogP contribution is 2.59. The van der Waals surface area contributed by atoms with Gasteiger partial charge in [-0.2, -0.15) is 0 Å². The molecule has 3 heteroatoms. The Balaban J connectivity index is 1.46. The molecule has 1 aromatic heterocycles. The molecule has 4 aliphatic carbocycles. The van der Waals surface area contributed by atoms with Gasteiger partial charge in [-0.25, -0.2) is 0 Å². The number of nitrogens with two attached hydrogens (primary N) is 1. The summed E-state index contributed by atoms with van der Waals surface area (Å²) in [7, 11) is 0. The van der Waals surface area contributed by atoms with Gasteiger partial charge in [0, 0.05) is 24.2 Å². The summed E-state index contributed by atoms with van der Waals surface area (Å²) < 4.78 is 6.14. The van der Waals surface area contributed by atoms with E-state index in [9.17, 15) is 0 Å². The summed E-state index contributed by atoms with van der Waals surface area (Å²) in [6.07, 6.45) is 10.5. The Morgan fingerprint density at radius 3 is 2.40 bits per heavy atom. The van der Waals surface area contributed by atoms with Crippen molar-refractivity contribution < 1.29 is 4.74 Å². The largest absolute Gasteiger partial charge is 0.493 e. The summed E-state index contributed by atoms with van der Waals surface area (Å²) in [4.78, 5) is 4.23. The molecule has 4 aliphatic rings. The van der Waals surface area contributed by atoms with Crippen molar-refractivity contribution in [1.29, 1.82) is 0 Å². The Bertz CT molecular complexity index is 464. The molecule has 0 amide bonds. The zero-order chi connectivity index (χ0) is 13.6. The van der Waals surface area contributed by atoms with E-state index in [1.807, 2.05) is 12.1 Å². The number of ether oxygens (including phenoxy) is 1. The van der Waals surface area contributed by atoms with Gasteiger partial charge in [0.2, 0.25) is 0 Å². The van der Waals surface area contributed by atoms with E-state index in [0.29, 0.717) is 12.0 Å². The van der Waals surface area contributed by atoms with Crippen molar-refractivity contribution in [3.63, 3.8) is 0 Å². The van der Waals surface area contributed by atoms with Crippen molar-refractivity contribution in [3.8, 4) is 5.75 Å². The quantitative estimate of drug-likeness (QED) is 0.916. The summed E-state index contributed by atoms with van der Waals surface area (Å²) in [5.74, 6) is 3.90. The molecule has 0 atom stereocenters. The van der Waals surface area contributed by atoms with E-state index in [1.165, 1.54) is 38.5 Å². The zero-order valence-corrected chi connectivity index (χ0v) is 12.1. The maximum atomic E-state index is 6.14. The second-order valence-corrected chi connectivity index (χ2v) is 7.39. The molecule has 5 rings (SSSR count). The van der Waals surface area contributed by atoms with Gasteiger partial charge in [-0.1, -0.05) is 0 Å². The molecule has 20 heavy (non-hydrogen) atoms. The predicted molar refractivity (Wildman–Crippen MR) is 78.2 cm³/mol. The molecule has 2 N–H and O–H groups in total. The predicted octanol–water partition coefficient (Wildman–Crippen LogP) is 3.14. The lowest BCUT2D eigenvalue weighted by atomic mass is 9.50. The number of rotatable bonds is 4. The van der Waals surface area contributed by atoms with E-state index in [4.69, 9.17) is 10.5 Å². The molecule has 1 heterocycles. The van der Waals surface area contributed by atoms with Crippen LogP contribution in [-0.2, 0) is 6.54 Å². The van der Waals surface area contributed by atoms with Gasteiger partial charge in [-0.05, 0) is 62.3 Å². The van der Waals surface area contributed by atoms with Crippen LogP contribution in [0.3, 0.4) is 0 Å². The van der Waals surface area contributed by atoms with Crippen molar-refractivity contribution in [2.75, 3.05) is 6.61 Å². The fraction of sp³-hybridized carbons (Fsp3) is 0.706. The maximum Gasteiger partial charge on any atom is 0.122 e. The van der Waals surface area contributed by atoms with Crippen molar-refractivity contribution >= 4 is 0 Å². The molecule has 4 saturated carbocycles. The van der Waals surface area contributed by atoms with E-state index >= 15 is 0 Å². The first kappa shape index (κ1) is 12.6. The van der Waals surface area contributed by atoms with Gasteiger partial charge in [-0.3, -0.25) is 4.98 Å². The van der Waals surface area contributed by atoms with E-state index in [1.54, 1.807) is 6.20 Å². The average molecular weight is 272 g/mol. The molecule has 0 saturated heterocycles. The lowest BCUT2D eigenvalue weighted by molar-refractivity contribution is -0.0745. The first-order valence-corrected chi connectivity index (χ1v) is 8.02. The molecule has 108 valence electrons. The van der Waals surface area contributed by atoms with Gasteiger partial charge >= 0.3 is 0 Å². The van der Waals surface area contributed by atoms with Crippen molar-refractivity contribution in [1.82, 2.24) is 4.98 Å². The van der Waals surface area contributed by atoms with Crippen LogP contribution in [0.4, 0.5) is 0 Å². The van der Waals surface area contributed by atoms with Crippen LogP contribution in [0.1, 0.15) is 44.2 Å². The van der Waals surface area contributed by atoms with Gasteiger partial charge in [-0.15, -0.1) is 0 Å². The summed E-state index contributed by atoms with van der Waals surface area (Å²) >= 11 is 0. The molecule has 3 nitrogen and oxygen atoms in total. The highest BCUT2D eigenvalue weighted by molar-refractivity contribution is 5.22. The van der Waals surface area contributed by atoms with Crippen LogP contribution in [0, 0.1) is 23.2 Å². The van der Waals surface area contributed by atoms with Crippen LogP contribution in [0.5, 0.6) is 5.75 Å². The number of hydrogen-bond donors (Lipinski definition) is 1. The number of aromatic nitrogens is 1. The van der Waals surface area contributed by atoms with Crippen LogP contribution in [0.15, 0.2) is 18.3 Å². The van der Waals surface area contributed by atoms with Gasteiger partial charge in [0.05, 0.1) is 12.3 Å². The zero-order valence-electron chi connectivity index (χ0n) is 12.1. The van der Waals surface area contributed by atoms with Gasteiger partial charge < -0.3 is 10.5 Å². The Labute approximate surface area is 120 Å². The summed E-state index contributed by atoms with van der Waals surface area (Å²) in [5, 5.41) is 0. The Morgan fingerprint density at radius 1 is 1.15 bits per heavy atom. The molecule has 0 spiro atoms. The van der Waals surface area contributed by atoms with E-state index in [2.05, 4.69) is 4.98 Å². The van der Waals surface area contributed by atoms with Gasteiger partial charge in [0.25, 0.3) is 0 Å². The van der Waals surface area contributed by atoms with Crippen LogP contribution < -0.4 is 10.5 Å². The summed E-state index contributed by atoms with van der Waals surface area (Å²) in [6, 6.07) is 3.94. The minimum absolute atomic E-state index is 0.473. The fourth-order valence-corrected chi connectivity index (χ4v) is 5.36. The van der Waals surface area contributed by atoms with Crippen molar-refractivity contribution in [3.05, 3.63) is 24.0 Å². The Kier molecular flexibility index (Phi) is 2.99. The SMILES string of the molecule is NCc1cc(OCC23CC4CC(CC(C4)C2)C3)ccn1. The fourth-order valence-electron chi connectivity index (χ4n) is 5.36. The van der Waals surface area contributed by atoms with E-state index in [-0.39, 0.29) is 0 Å². The van der Waals surface area contributed by atoms with Crippen LogP contribution in [0.25, 0.3) is 0 Å². The minimum atomic E-state index is 0.473. The normalized spacial score (nSPS) is 38.1. The summed E-state index contributed by atoms with van der Waals surface area (Å²) in [6.45, 7) is 1.37. The average Bonchev–Trinajstić information content (AvgIpc) is 2.44. The lowest BCUT2D eigenvalue weighted by Gasteiger charge is -2.56. The lowest BCUT2D eigenvalue weighted by Crippen LogP contribution is -2.48. The van der Waals surface area contributed by atoms with Gasteiger partial charge in [0.15, 0.2) is 0 Å². The van der Waals surface area contributed by atoms with Crippen LogP contribution in [-0.4, -0.2) is 11.6 Å². The third-order valence-corrected chi connectivity index (χ3v) is 5.71. The van der Waals surface area contributed by atoms with Crippen LogP contribution in [0.2, 0.25) is 0 Å². The Hall–Kier alpha value is -1.09. The third-order valence-electron chi connectivity index (χ3n) is 5.71. The molecule has 0 radical (unpaired) electrons.